The zero-order valence-electron chi connectivity index (χ0n) is 7.43. The van der Waals surface area contributed by atoms with Crippen LogP contribution in [-0.2, 0) is 14.6 Å². The maximum absolute atomic E-state index is 11.2. The van der Waals surface area contributed by atoms with E-state index in [-0.39, 0.29) is 29.2 Å². The molecule has 4 nitrogen and oxygen atoms in total. The summed E-state index contributed by atoms with van der Waals surface area (Å²) >= 11 is 3.87. The van der Waals surface area contributed by atoms with Crippen LogP contribution in [0.4, 0.5) is 0 Å². The van der Waals surface area contributed by atoms with Gasteiger partial charge in [0.2, 0.25) is 5.91 Å². The van der Waals surface area contributed by atoms with Gasteiger partial charge in [0.05, 0.1) is 17.3 Å². The van der Waals surface area contributed by atoms with Crippen molar-refractivity contribution in [3.63, 3.8) is 0 Å². The fourth-order valence-corrected chi connectivity index (χ4v) is 3.20. The summed E-state index contributed by atoms with van der Waals surface area (Å²) in [4.78, 5) is 12.8. The highest BCUT2D eigenvalue weighted by molar-refractivity contribution is 7.91. The lowest BCUT2D eigenvalue weighted by molar-refractivity contribution is -0.129. The zero-order valence-corrected chi connectivity index (χ0v) is 9.14. The predicted molar refractivity (Wildman–Crippen MR) is 53.7 cm³/mol. The van der Waals surface area contributed by atoms with E-state index >= 15 is 0 Å². The molecule has 0 N–H and O–H groups in total. The molecule has 0 aromatic rings. The molecule has 0 bridgehead atoms. The van der Waals surface area contributed by atoms with Gasteiger partial charge in [-0.25, -0.2) is 8.42 Å². The highest BCUT2D eigenvalue weighted by Gasteiger charge is 2.30. The molecule has 1 heterocycles. The molecule has 0 aliphatic carbocycles. The maximum Gasteiger partial charge on any atom is 0.232 e. The lowest BCUT2D eigenvalue weighted by atomic mass is 10.3. The first-order valence-electron chi connectivity index (χ1n) is 4.07. The van der Waals surface area contributed by atoms with Crippen LogP contribution in [0.2, 0.25) is 0 Å². The topological polar surface area (TPSA) is 54.5 Å². The Hall–Kier alpha value is -0.230. The average molecular weight is 223 g/mol. The molecular weight excluding hydrogens is 210 g/mol. The van der Waals surface area contributed by atoms with Crippen LogP contribution in [-0.4, -0.2) is 49.1 Å². The first-order valence-corrected chi connectivity index (χ1v) is 6.52. The largest absolute Gasteiger partial charge is 0.337 e. The van der Waals surface area contributed by atoms with E-state index in [0.29, 0.717) is 6.54 Å². The van der Waals surface area contributed by atoms with Gasteiger partial charge in [-0.2, -0.15) is 12.6 Å². The number of nitrogens with zero attached hydrogens (tertiary/aromatic N) is 1. The molecule has 76 valence electrons. The summed E-state index contributed by atoms with van der Waals surface area (Å²) in [6.07, 6.45) is 0. The number of rotatable bonds is 1. The Kier molecular flexibility index (Phi) is 3.23. The smallest absolute Gasteiger partial charge is 0.232 e. The minimum atomic E-state index is -2.93. The minimum Gasteiger partial charge on any atom is -0.337 e. The van der Waals surface area contributed by atoms with E-state index in [0.717, 1.165) is 0 Å². The predicted octanol–water partition coefficient (Wildman–Crippen LogP) is -0.438. The van der Waals surface area contributed by atoms with Crippen molar-refractivity contribution >= 4 is 28.4 Å². The number of sulfone groups is 1. The third-order valence-electron chi connectivity index (χ3n) is 2.13. The Morgan fingerprint density at radius 3 is 2.69 bits per heavy atom. The van der Waals surface area contributed by atoms with Crippen molar-refractivity contribution < 1.29 is 13.2 Å². The molecule has 13 heavy (non-hydrogen) atoms. The Bertz CT molecular complexity index is 299. The van der Waals surface area contributed by atoms with E-state index in [1.807, 2.05) is 0 Å². The van der Waals surface area contributed by atoms with Gasteiger partial charge in [-0.3, -0.25) is 4.79 Å². The molecule has 1 rings (SSSR count). The van der Waals surface area contributed by atoms with E-state index in [4.69, 9.17) is 0 Å². The zero-order chi connectivity index (χ0) is 10.1. The van der Waals surface area contributed by atoms with Gasteiger partial charge in [0.15, 0.2) is 9.84 Å². The van der Waals surface area contributed by atoms with Crippen LogP contribution in [0, 0.1) is 0 Å². The van der Waals surface area contributed by atoms with Gasteiger partial charge in [-0.05, 0) is 6.92 Å². The number of carbonyl (C=O) groups is 1. The molecule has 0 aromatic heterocycles. The van der Waals surface area contributed by atoms with Crippen molar-refractivity contribution in [3.05, 3.63) is 0 Å². The van der Waals surface area contributed by atoms with Crippen molar-refractivity contribution in [2.75, 3.05) is 23.8 Å². The number of thiol groups is 1. The quantitative estimate of drug-likeness (QED) is 0.613. The maximum atomic E-state index is 11.2. The standard InChI is InChI=1S/C7H13NO3S2/c1-6-5-13(10,11)3-2-8(6)7(9)4-12/h6,12H,2-5H2,1H3. The molecule has 1 aliphatic heterocycles. The molecule has 1 unspecified atom stereocenters. The van der Waals surface area contributed by atoms with Gasteiger partial charge < -0.3 is 4.90 Å². The summed E-state index contributed by atoms with van der Waals surface area (Å²) in [5.74, 6) is 0.207. The Morgan fingerprint density at radius 2 is 2.23 bits per heavy atom. The van der Waals surface area contributed by atoms with Crippen LogP contribution in [0.15, 0.2) is 0 Å². The summed E-state index contributed by atoms with van der Waals surface area (Å²) in [5, 5.41) is 0. The van der Waals surface area contributed by atoms with Crippen LogP contribution in [0.25, 0.3) is 0 Å². The van der Waals surface area contributed by atoms with Crippen LogP contribution >= 0.6 is 12.6 Å². The van der Waals surface area contributed by atoms with Crippen molar-refractivity contribution in [1.29, 1.82) is 0 Å². The lowest BCUT2D eigenvalue weighted by Crippen LogP contribution is -2.50. The van der Waals surface area contributed by atoms with Gasteiger partial charge in [0.1, 0.15) is 0 Å². The number of hydrogen-bond acceptors (Lipinski definition) is 4. The molecule has 1 aliphatic rings. The van der Waals surface area contributed by atoms with E-state index in [2.05, 4.69) is 12.6 Å². The van der Waals surface area contributed by atoms with Crippen molar-refractivity contribution in [3.8, 4) is 0 Å². The Balaban J connectivity index is 2.69. The normalized spacial score (nSPS) is 27.2. The van der Waals surface area contributed by atoms with E-state index < -0.39 is 9.84 Å². The molecule has 6 heteroatoms. The molecule has 1 fully saturated rings. The number of amides is 1. The molecule has 0 aromatic carbocycles. The second-order valence-corrected chi connectivity index (χ2v) is 5.75. The van der Waals surface area contributed by atoms with E-state index in [1.165, 1.54) is 0 Å². The highest BCUT2D eigenvalue weighted by atomic mass is 32.2. The molecular formula is C7H13NO3S2. The summed E-state index contributed by atoms with van der Waals surface area (Å²) in [6, 6.07) is -0.210. The second kappa shape index (κ2) is 3.88. The van der Waals surface area contributed by atoms with Gasteiger partial charge >= 0.3 is 0 Å². The van der Waals surface area contributed by atoms with Crippen LogP contribution in [0.1, 0.15) is 6.92 Å². The van der Waals surface area contributed by atoms with Gasteiger partial charge in [-0.15, -0.1) is 0 Å². The monoisotopic (exact) mass is 223 g/mol. The third kappa shape index (κ3) is 2.60. The van der Waals surface area contributed by atoms with Crippen LogP contribution in [0.3, 0.4) is 0 Å². The highest BCUT2D eigenvalue weighted by Crippen LogP contribution is 2.11. The second-order valence-electron chi connectivity index (χ2n) is 3.21. The van der Waals surface area contributed by atoms with Crippen molar-refractivity contribution in [2.24, 2.45) is 0 Å². The van der Waals surface area contributed by atoms with Gasteiger partial charge in [-0.1, -0.05) is 0 Å². The summed E-state index contributed by atoms with van der Waals surface area (Å²) in [6.45, 7) is 2.06. The molecule has 1 amide bonds. The van der Waals surface area contributed by atoms with Crippen molar-refractivity contribution in [2.45, 2.75) is 13.0 Å². The van der Waals surface area contributed by atoms with Gasteiger partial charge in [0.25, 0.3) is 0 Å². The fraction of sp³-hybridized carbons (Fsp3) is 0.857. The first kappa shape index (κ1) is 10.8. The molecule has 1 saturated heterocycles. The molecule has 1 atom stereocenters. The Labute approximate surface area is 83.6 Å². The van der Waals surface area contributed by atoms with E-state index in [9.17, 15) is 13.2 Å². The number of carbonyl (C=O) groups excluding carboxylic acids is 1. The summed E-state index contributed by atoms with van der Waals surface area (Å²) in [7, 11) is -2.93. The number of hydrogen-bond donors (Lipinski definition) is 1. The SMILES string of the molecule is CC1CS(=O)(=O)CCN1C(=O)CS. The lowest BCUT2D eigenvalue weighted by Gasteiger charge is -2.32. The average Bonchev–Trinajstić information content (AvgIpc) is 2.01. The molecule has 0 spiro atoms. The fourth-order valence-electron chi connectivity index (χ4n) is 1.46. The van der Waals surface area contributed by atoms with Crippen LogP contribution in [0.5, 0.6) is 0 Å². The summed E-state index contributed by atoms with van der Waals surface area (Å²) < 4.78 is 22.3. The van der Waals surface area contributed by atoms with E-state index in [1.54, 1.807) is 11.8 Å². The molecule has 0 saturated carbocycles. The van der Waals surface area contributed by atoms with Crippen LogP contribution < -0.4 is 0 Å². The Morgan fingerprint density at radius 1 is 1.62 bits per heavy atom. The summed E-state index contributed by atoms with van der Waals surface area (Å²) in [5.41, 5.74) is 0. The molecule has 0 radical (unpaired) electrons. The third-order valence-corrected chi connectivity index (χ3v) is 4.19. The van der Waals surface area contributed by atoms with Gasteiger partial charge in [0, 0.05) is 12.6 Å². The van der Waals surface area contributed by atoms with Crippen molar-refractivity contribution in [1.82, 2.24) is 4.90 Å². The first-order chi connectivity index (χ1) is 5.96. The minimum absolute atomic E-state index is 0.0759.